The van der Waals surface area contributed by atoms with E-state index in [0.717, 1.165) is 10.9 Å². The van der Waals surface area contributed by atoms with Crippen LogP contribution in [0.4, 0.5) is 4.79 Å². The number of halogens is 1. The molecule has 1 aliphatic rings. The van der Waals surface area contributed by atoms with Gasteiger partial charge in [-0.2, -0.15) is 0 Å². The van der Waals surface area contributed by atoms with E-state index in [4.69, 9.17) is 4.74 Å². The molecule has 0 saturated carbocycles. The van der Waals surface area contributed by atoms with Gasteiger partial charge in [0, 0.05) is 17.1 Å². The molecule has 1 unspecified atom stereocenters. The Labute approximate surface area is 123 Å². The number of rotatable bonds is 0. The maximum Gasteiger partial charge on any atom is 0.410 e. The van der Waals surface area contributed by atoms with Crippen LogP contribution in [0.25, 0.3) is 0 Å². The van der Waals surface area contributed by atoms with Crippen LogP contribution in [-0.2, 0) is 17.7 Å². The first-order valence-corrected chi connectivity index (χ1v) is 7.32. The standard InChI is InChI=1S/C15H20BrNO2/c1-10-7-12-8-13(16)6-5-11(12)9-17(10)14(18)19-15(2,3)4/h5-6,8,10H,7,9H2,1-4H3. The Hall–Kier alpha value is -1.03. The fourth-order valence-corrected chi connectivity index (χ4v) is 2.68. The summed E-state index contributed by atoms with van der Waals surface area (Å²) in [5.74, 6) is 0. The van der Waals surface area contributed by atoms with Crippen LogP contribution in [0.3, 0.4) is 0 Å². The first-order valence-electron chi connectivity index (χ1n) is 6.53. The van der Waals surface area contributed by atoms with Crippen molar-refractivity contribution >= 4 is 22.0 Å². The van der Waals surface area contributed by atoms with Crippen molar-refractivity contribution in [1.82, 2.24) is 4.90 Å². The maximum absolute atomic E-state index is 12.2. The number of carbonyl (C=O) groups is 1. The second kappa shape index (κ2) is 5.16. The summed E-state index contributed by atoms with van der Waals surface area (Å²) in [5, 5.41) is 0. The number of hydrogen-bond donors (Lipinski definition) is 0. The molecule has 1 heterocycles. The van der Waals surface area contributed by atoms with Crippen molar-refractivity contribution < 1.29 is 9.53 Å². The summed E-state index contributed by atoms with van der Waals surface area (Å²) in [6.07, 6.45) is 0.641. The molecule has 0 N–H and O–H groups in total. The van der Waals surface area contributed by atoms with Gasteiger partial charge in [-0.3, -0.25) is 0 Å². The van der Waals surface area contributed by atoms with E-state index in [1.807, 2.05) is 31.7 Å². The van der Waals surface area contributed by atoms with E-state index in [1.165, 1.54) is 11.1 Å². The highest BCUT2D eigenvalue weighted by Gasteiger charge is 2.30. The van der Waals surface area contributed by atoms with Crippen LogP contribution in [-0.4, -0.2) is 22.6 Å². The van der Waals surface area contributed by atoms with Crippen molar-refractivity contribution in [2.75, 3.05) is 0 Å². The third-order valence-corrected chi connectivity index (χ3v) is 3.68. The third-order valence-electron chi connectivity index (χ3n) is 3.18. The van der Waals surface area contributed by atoms with Gasteiger partial charge in [0.2, 0.25) is 0 Å². The minimum Gasteiger partial charge on any atom is -0.444 e. The second-order valence-electron chi connectivity index (χ2n) is 6.07. The summed E-state index contributed by atoms with van der Waals surface area (Å²) in [7, 11) is 0. The Morgan fingerprint density at radius 2 is 2.05 bits per heavy atom. The lowest BCUT2D eigenvalue weighted by Crippen LogP contribution is -2.45. The van der Waals surface area contributed by atoms with E-state index in [9.17, 15) is 4.79 Å². The van der Waals surface area contributed by atoms with Crippen LogP contribution in [0.1, 0.15) is 38.8 Å². The van der Waals surface area contributed by atoms with E-state index < -0.39 is 5.60 Å². The van der Waals surface area contributed by atoms with Gasteiger partial charge in [0.05, 0.1) is 0 Å². The molecule has 0 saturated heterocycles. The maximum atomic E-state index is 12.2. The number of benzene rings is 1. The molecule has 0 fully saturated rings. The first-order chi connectivity index (χ1) is 8.76. The lowest BCUT2D eigenvalue weighted by molar-refractivity contribution is 0.0138. The molecule has 0 bridgehead atoms. The lowest BCUT2D eigenvalue weighted by atomic mass is 9.95. The Morgan fingerprint density at radius 1 is 1.37 bits per heavy atom. The molecule has 19 heavy (non-hydrogen) atoms. The zero-order chi connectivity index (χ0) is 14.2. The van der Waals surface area contributed by atoms with Gasteiger partial charge in [-0.25, -0.2) is 4.79 Å². The number of nitrogens with zero attached hydrogens (tertiary/aromatic N) is 1. The van der Waals surface area contributed by atoms with Gasteiger partial charge in [-0.1, -0.05) is 22.0 Å². The van der Waals surface area contributed by atoms with Crippen LogP contribution in [0.2, 0.25) is 0 Å². The van der Waals surface area contributed by atoms with Crippen LogP contribution in [0.5, 0.6) is 0 Å². The number of carbonyl (C=O) groups excluding carboxylic acids is 1. The molecule has 3 nitrogen and oxygen atoms in total. The Balaban J connectivity index is 2.17. The van der Waals surface area contributed by atoms with Gasteiger partial charge in [-0.15, -0.1) is 0 Å². The van der Waals surface area contributed by atoms with Crippen LogP contribution in [0.15, 0.2) is 22.7 Å². The van der Waals surface area contributed by atoms with Crippen molar-refractivity contribution in [3.63, 3.8) is 0 Å². The van der Waals surface area contributed by atoms with Gasteiger partial charge in [0.25, 0.3) is 0 Å². The summed E-state index contributed by atoms with van der Waals surface area (Å²) in [4.78, 5) is 14.0. The highest BCUT2D eigenvalue weighted by molar-refractivity contribution is 9.10. The summed E-state index contributed by atoms with van der Waals surface area (Å²) in [6.45, 7) is 8.37. The fourth-order valence-electron chi connectivity index (χ4n) is 2.27. The lowest BCUT2D eigenvalue weighted by Gasteiger charge is -2.36. The minimum absolute atomic E-state index is 0.164. The molecule has 2 rings (SSSR count). The highest BCUT2D eigenvalue weighted by Crippen LogP contribution is 2.27. The predicted molar refractivity (Wildman–Crippen MR) is 79.1 cm³/mol. The normalized spacial score (nSPS) is 19.0. The van der Waals surface area contributed by atoms with E-state index in [1.54, 1.807) is 0 Å². The largest absolute Gasteiger partial charge is 0.444 e. The zero-order valence-electron chi connectivity index (χ0n) is 11.9. The number of fused-ring (bicyclic) bond motifs is 1. The smallest absolute Gasteiger partial charge is 0.410 e. The number of amides is 1. The second-order valence-corrected chi connectivity index (χ2v) is 6.99. The summed E-state index contributed by atoms with van der Waals surface area (Å²) >= 11 is 3.49. The minimum atomic E-state index is -0.448. The molecule has 0 aromatic heterocycles. The molecule has 1 aromatic carbocycles. The molecule has 0 radical (unpaired) electrons. The van der Waals surface area contributed by atoms with Gasteiger partial charge in [-0.05, 0) is 57.4 Å². The molecule has 1 atom stereocenters. The average Bonchev–Trinajstić information content (AvgIpc) is 2.25. The van der Waals surface area contributed by atoms with Gasteiger partial charge < -0.3 is 9.64 Å². The third kappa shape index (κ3) is 3.50. The topological polar surface area (TPSA) is 29.5 Å². The van der Waals surface area contributed by atoms with E-state index in [0.29, 0.717) is 6.54 Å². The predicted octanol–water partition coefficient (Wildman–Crippen LogP) is 4.13. The van der Waals surface area contributed by atoms with Crippen LogP contribution in [0, 0.1) is 0 Å². The average molecular weight is 326 g/mol. The Morgan fingerprint density at radius 3 is 2.68 bits per heavy atom. The molecule has 104 valence electrons. The molecule has 0 aliphatic carbocycles. The Kier molecular flexibility index (Phi) is 3.90. The van der Waals surface area contributed by atoms with Gasteiger partial charge >= 0.3 is 6.09 Å². The highest BCUT2D eigenvalue weighted by atomic mass is 79.9. The van der Waals surface area contributed by atoms with Gasteiger partial charge in [0.15, 0.2) is 0 Å². The van der Waals surface area contributed by atoms with Crippen molar-refractivity contribution in [1.29, 1.82) is 0 Å². The van der Waals surface area contributed by atoms with Gasteiger partial charge in [0.1, 0.15) is 5.60 Å². The molecule has 1 aliphatic heterocycles. The van der Waals surface area contributed by atoms with Crippen molar-refractivity contribution in [2.45, 2.75) is 52.3 Å². The van der Waals surface area contributed by atoms with Crippen molar-refractivity contribution in [2.24, 2.45) is 0 Å². The van der Waals surface area contributed by atoms with E-state index in [2.05, 4.69) is 35.0 Å². The van der Waals surface area contributed by atoms with Crippen LogP contribution < -0.4 is 0 Å². The molecule has 4 heteroatoms. The summed E-state index contributed by atoms with van der Waals surface area (Å²) in [6, 6.07) is 6.39. The molecule has 1 aromatic rings. The van der Waals surface area contributed by atoms with E-state index >= 15 is 0 Å². The van der Waals surface area contributed by atoms with E-state index in [-0.39, 0.29) is 12.1 Å². The summed E-state index contributed by atoms with van der Waals surface area (Å²) in [5.41, 5.74) is 2.06. The SMILES string of the molecule is CC1Cc2cc(Br)ccc2CN1C(=O)OC(C)(C)C. The zero-order valence-corrected chi connectivity index (χ0v) is 13.5. The van der Waals surface area contributed by atoms with Crippen molar-refractivity contribution in [3.8, 4) is 0 Å². The molecular weight excluding hydrogens is 306 g/mol. The quantitative estimate of drug-likeness (QED) is 0.717. The molecule has 1 amide bonds. The molecular formula is C15H20BrNO2. The number of ether oxygens (including phenoxy) is 1. The first kappa shape index (κ1) is 14.4. The van der Waals surface area contributed by atoms with Crippen LogP contribution >= 0.6 is 15.9 Å². The number of hydrogen-bond acceptors (Lipinski definition) is 2. The fraction of sp³-hybridized carbons (Fsp3) is 0.533. The monoisotopic (exact) mass is 325 g/mol. The van der Waals surface area contributed by atoms with Crippen molar-refractivity contribution in [3.05, 3.63) is 33.8 Å². The summed E-state index contributed by atoms with van der Waals surface area (Å²) < 4.78 is 6.55. The molecule has 0 spiro atoms. The Bertz CT molecular complexity index is 493.